The maximum atomic E-state index is 12.1. The summed E-state index contributed by atoms with van der Waals surface area (Å²) in [6.07, 6.45) is 0.371. The molecule has 0 aromatic heterocycles. The number of aryl methyl sites for hydroxylation is 1. The molecule has 0 heterocycles. The predicted molar refractivity (Wildman–Crippen MR) is 95.4 cm³/mol. The molecule has 1 amide bonds. The third-order valence-electron chi connectivity index (χ3n) is 3.58. The molecule has 2 aromatic carbocycles. The van der Waals surface area contributed by atoms with Crippen LogP contribution in [0, 0.1) is 6.92 Å². The van der Waals surface area contributed by atoms with Crippen LogP contribution in [0.4, 0.5) is 0 Å². The van der Waals surface area contributed by atoms with E-state index in [0.29, 0.717) is 12.2 Å². The first-order chi connectivity index (χ1) is 12.1. The van der Waals surface area contributed by atoms with Crippen molar-refractivity contribution in [2.45, 2.75) is 26.3 Å². The molecule has 25 heavy (non-hydrogen) atoms. The lowest BCUT2D eigenvalue weighted by molar-refractivity contribution is -0.147. The first-order valence-electron chi connectivity index (χ1n) is 8.28. The average Bonchev–Trinajstić information content (AvgIpc) is 2.62. The fourth-order valence-corrected chi connectivity index (χ4v) is 2.31. The van der Waals surface area contributed by atoms with E-state index in [4.69, 9.17) is 9.47 Å². The van der Waals surface area contributed by atoms with Crippen LogP contribution in [-0.4, -0.2) is 31.1 Å². The number of amides is 1. The Morgan fingerprint density at radius 3 is 2.36 bits per heavy atom. The van der Waals surface area contributed by atoms with Gasteiger partial charge in [-0.05, 0) is 31.5 Å². The highest BCUT2D eigenvalue weighted by molar-refractivity contribution is 5.85. The van der Waals surface area contributed by atoms with E-state index < -0.39 is 12.0 Å². The number of esters is 1. The average molecular weight is 341 g/mol. The van der Waals surface area contributed by atoms with Crippen LogP contribution in [-0.2, 0) is 20.7 Å². The monoisotopic (exact) mass is 341 g/mol. The van der Waals surface area contributed by atoms with Gasteiger partial charge in [-0.15, -0.1) is 0 Å². The number of ether oxygens (including phenoxy) is 2. The van der Waals surface area contributed by atoms with Gasteiger partial charge in [0.15, 0.2) is 6.61 Å². The molecule has 0 saturated carbocycles. The molecule has 0 saturated heterocycles. The number of rotatable bonds is 8. The van der Waals surface area contributed by atoms with E-state index in [1.165, 1.54) is 0 Å². The number of nitrogens with one attached hydrogen (secondary N) is 1. The van der Waals surface area contributed by atoms with Crippen LogP contribution in [0.15, 0.2) is 54.6 Å². The highest BCUT2D eigenvalue weighted by Crippen LogP contribution is 2.11. The second-order valence-corrected chi connectivity index (χ2v) is 5.66. The molecule has 2 rings (SSSR count). The van der Waals surface area contributed by atoms with Gasteiger partial charge in [-0.2, -0.15) is 0 Å². The van der Waals surface area contributed by atoms with Gasteiger partial charge in [-0.3, -0.25) is 4.79 Å². The van der Waals surface area contributed by atoms with Crippen LogP contribution in [0.3, 0.4) is 0 Å². The zero-order valence-corrected chi connectivity index (χ0v) is 14.5. The van der Waals surface area contributed by atoms with Crippen molar-refractivity contribution in [3.63, 3.8) is 0 Å². The minimum atomic E-state index is -0.739. The van der Waals surface area contributed by atoms with Crippen molar-refractivity contribution in [1.82, 2.24) is 5.32 Å². The van der Waals surface area contributed by atoms with Gasteiger partial charge in [0.2, 0.25) is 0 Å². The molecule has 1 N–H and O–H groups in total. The van der Waals surface area contributed by atoms with Gasteiger partial charge in [-0.1, -0.05) is 48.0 Å². The van der Waals surface area contributed by atoms with Crippen LogP contribution in [0.25, 0.3) is 0 Å². The summed E-state index contributed by atoms with van der Waals surface area (Å²) in [5, 5.41) is 2.69. The molecule has 0 bridgehead atoms. The fraction of sp³-hybridized carbons (Fsp3) is 0.300. The highest BCUT2D eigenvalue weighted by atomic mass is 16.5. The Labute approximate surface area is 148 Å². The zero-order valence-electron chi connectivity index (χ0n) is 14.5. The van der Waals surface area contributed by atoms with E-state index in [2.05, 4.69) is 5.32 Å². The summed E-state index contributed by atoms with van der Waals surface area (Å²) in [7, 11) is 0. The van der Waals surface area contributed by atoms with E-state index in [9.17, 15) is 9.59 Å². The minimum absolute atomic E-state index is 0.159. The van der Waals surface area contributed by atoms with Crippen LogP contribution in [0.2, 0.25) is 0 Å². The van der Waals surface area contributed by atoms with Crippen molar-refractivity contribution < 1.29 is 19.1 Å². The SMILES string of the molecule is CCOC(=O)C(Cc1ccccc1)NC(=O)COc1ccc(C)cc1. The van der Waals surface area contributed by atoms with E-state index in [1.807, 2.05) is 49.4 Å². The highest BCUT2D eigenvalue weighted by Gasteiger charge is 2.22. The van der Waals surface area contributed by atoms with Crippen molar-refractivity contribution in [3.8, 4) is 5.75 Å². The molecular formula is C20H23NO4. The third kappa shape index (κ3) is 6.30. The lowest BCUT2D eigenvalue weighted by atomic mass is 10.1. The van der Waals surface area contributed by atoms with E-state index in [-0.39, 0.29) is 19.1 Å². The lowest BCUT2D eigenvalue weighted by Crippen LogP contribution is -2.45. The second-order valence-electron chi connectivity index (χ2n) is 5.66. The second kappa shape index (κ2) is 9.47. The fourth-order valence-electron chi connectivity index (χ4n) is 2.31. The third-order valence-corrected chi connectivity index (χ3v) is 3.58. The molecule has 0 radical (unpaired) electrons. The smallest absolute Gasteiger partial charge is 0.328 e. The number of hydrogen-bond acceptors (Lipinski definition) is 4. The molecule has 0 aliphatic carbocycles. The van der Waals surface area contributed by atoms with Crippen LogP contribution >= 0.6 is 0 Å². The number of hydrogen-bond donors (Lipinski definition) is 1. The summed E-state index contributed by atoms with van der Waals surface area (Å²) in [5.41, 5.74) is 2.06. The molecule has 5 nitrogen and oxygen atoms in total. The molecule has 1 atom stereocenters. The summed E-state index contributed by atoms with van der Waals surface area (Å²) in [6, 6.07) is 16.2. The summed E-state index contributed by atoms with van der Waals surface area (Å²) >= 11 is 0. The van der Waals surface area contributed by atoms with Gasteiger partial charge in [0, 0.05) is 6.42 Å². The zero-order chi connectivity index (χ0) is 18.1. The number of benzene rings is 2. The van der Waals surface area contributed by atoms with E-state index >= 15 is 0 Å². The predicted octanol–water partition coefficient (Wildman–Crippen LogP) is 2.66. The molecule has 0 aliphatic rings. The first-order valence-corrected chi connectivity index (χ1v) is 8.28. The van der Waals surface area contributed by atoms with Crippen molar-refractivity contribution >= 4 is 11.9 Å². The van der Waals surface area contributed by atoms with Crippen molar-refractivity contribution in [3.05, 3.63) is 65.7 Å². The van der Waals surface area contributed by atoms with Crippen LogP contribution < -0.4 is 10.1 Å². The van der Waals surface area contributed by atoms with Gasteiger partial charge < -0.3 is 14.8 Å². The summed E-state index contributed by atoms with van der Waals surface area (Å²) in [4.78, 5) is 24.3. The van der Waals surface area contributed by atoms with Crippen molar-refractivity contribution in [1.29, 1.82) is 0 Å². The van der Waals surface area contributed by atoms with Crippen LogP contribution in [0.5, 0.6) is 5.75 Å². The van der Waals surface area contributed by atoms with Crippen molar-refractivity contribution in [2.75, 3.05) is 13.2 Å². The van der Waals surface area contributed by atoms with E-state index in [0.717, 1.165) is 11.1 Å². The Hall–Kier alpha value is -2.82. The first kappa shape index (κ1) is 18.5. The molecular weight excluding hydrogens is 318 g/mol. The Balaban J connectivity index is 1.93. The van der Waals surface area contributed by atoms with Gasteiger partial charge in [0.1, 0.15) is 11.8 Å². The summed E-state index contributed by atoms with van der Waals surface area (Å²) in [5.74, 6) is -0.207. The maximum absolute atomic E-state index is 12.1. The molecule has 2 aromatic rings. The minimum Gasteiger partial charge on any atom is -0.484 e. The quantitative estimate of drug-likeness (QED) is 0.750. The molecule has 5 heteroatoms. The lowest BCUT2D eigenvalue weighted by Gasteiger charge is -2.17. The van der Waals surface area contributed by atoms with Crippen LogP contribution in [0.1, 0.15) is 18.1 Å². The molecule has 1 unspecified atom stereocenters. The topological polar surface area (TPSA) is 64.6 Å². The Kier molecular flexibility index (Phi) is 7.01. The molecule has 0 spiro atoms. The normalized spacial score (nSPS) is 11.4. The van der Waals surface area contributed by atoms with E-state index in [1.54, 1.807) is 19.1 Å². The number of carbonyl (C=O) groups is 2. The standard InChI is InChI=1S/C20H23NO4/c1-3-24-20(23)18(13-16-7-5-4-6-8-16)21-19(22)14-25-17-11-9-15(2)10-12-17/h4-12,18H,3,13-14H2,1-2H3,(H,21,22). The van der Waals surface area contributed by atoms with Crippen molar-refractivity contribution in [2.24, 2.45) is 0 Å². The number of carbonyl (C=O) groups excluding carboxylic acids is 2. The largest absolute Gasteiger partial charge is 0.484 e. The summed E-state index contributed by atoms with van der Waals surface area (Å²) < 4.78 is 10.5. The summed E-state index contributed by atoms with van der Waals surface area (Å²) in [6.45, 7) is 3.82. The Morgan fingerprint density at radius 2 is 1.72 bits per heavy atom. The molecule has 132 valence electrons. The Morgan fingerprint density at radius 1 is 1.04 bits per heavy atom. The molecule has 0 fully saturated rings. The van der Waals surface area contributed by atoms with Gasteiger partial charge in [-0.25, -0.2) is 4.79 Å². The molecule has 0 aliphatic heterocycles. The Bertz CT molecular complexity index is 683. The van der Waals surface area contributed by atoms with Gasteiger partial charge in [0.05, 0.1) is 6.61 Å². The van der Waals surface area contributed by atoms with Gasteiger partial charge in [0.25, 0.3) is 5.91 Å². The maximum Gasteiger partial charge on any atom is 0.328 e. The van der Waals surface area contributed by atoms with Gasteiger partial charge >= 0.3 is 5.97 Å².